The van der Waals surface area contributed by atoms with Gasteiger partial charge in [0.15, 0.2) is 11.5 Å². The number of amides is 1. The molecule has 0 aromatic heterocycles. The minimum Gasteiger partial charge on any atom is -0.497 e. The van der Waals surface area contributed by atoms with Crippen molar-refractivity contribution in [2.24, 2.45) is 0 Å². The minimum atomic E-state index is -4.16. The Labute approximate surface area is 211 Å². The third-order valence-corrected chi connectivity index (χ3v) is 7.35. The maximum atomic E-state index is 13.7. The molecule has 3 aromatic carbocycles. The second kappa shape index (κ2) is 11.7. The number of ether oxygens (including phenoxy) is 4. The van der Waals surface area contributed by atoms with Crippen LogP contribution in [0.15, 0.2) is 71.6 Å². The molecule has 1 N–H and O–H groups in total. The van der Waals surface area contributed by atoms with E-state index in [0.29, 0.717) is 22.9 Å². The van der Waals surface area contributed by atoms with Crippen molar-refractivity contribution in [2.75, 3.05) is 39.3 Å². The van der Waals surface area contributed by atoms with E-state index < -0.39 is 22.5 Å². The van der Waals surface area contributed by atoms with Crippen LogP contribution in [-0.2, 0) is 14.8 Å². The zero-order chi connectivity index (χ0) is 26.3. The second-order valence-corrected chi connectivity index (χ2v) is 9.65. The summed E-state index contributed by atoms with van der Waals surface area (Å²) in [6.45, 7) is 1.38. The van der Waals surface area contributed by atoms with Crippen molar-refractivity contribution in [3.8, 4) is 23.0 Å². The minimum absolute atomic E-state index is 0.0491. The van der Waals surface area contributed by atoms with E-state index in [1.54, 1.807) is 43.5 Å². The van der Waals surface area contributed by atoms with Crippen molar-refractivity contribution in [1.82, 2.24) is 5.32 Å². The molecule has 1 atom stereocenters. The Morgan fingerprint density at radius 1 is 0.806 bits per heavy atom. The molecule has 10 heteroatoms. The molecule has 0 radical (unpaired) electrons. The zero-order valence-corrected chi connectivity index (χ0v) is 21.7. The fourth-order valence-corrected chi connectivity index (χ4v) is 5.00. The number of sulfonamides is 1. The van der Waals surface area contributed by atoms with E-state index in [2.05, 4.69) is 5.32 Å². The van der Waals surface area contributed by atoms with Crippen LogP contribution in [0, 0.1) is 0 Å². The summed E-state index contributed by atoms with van der Waals surface area (Å²) < 4.78 is 49.3. The summed E-state index contributed by atoms with van der Waals surface area (Å²) in [5.74, 6) is 1.42. The highest BCUT2D eigenvalue weighted by atomic mass is 32.2. The van der Waals surface area contributed by atoms with E-state index in [9.17, 15) is 13.2 Å². The first-order valence-electron chi connectivity index (χ1n) is 11.1. The molecule has 0 aliphatic carbocycles. The van der Waals surface area contributed by atoms with Gasteiger partial charge in [0.2, 0.25) is 5.91 Å². The number of methoxy groups -OCH3 is 4. The number of hydrogen-bond donors (Lipinski definition) is 1. The van der Waals surface area contributed by atoms with Crippen LogP contribution in [0.2, 0.25) is 0 Å². The van der Waals surface area contributed by atoms with Gasteiger partial charge in [0.25, 0.3) is 10.0 Å². The Bertz CT molecular complexity index is 1280. The lowest BCUT2D eigenvalue weighted by molar-refractivity contribution is -0.120. The molecule has 0 unspecified atom stereocenters. The normalized spacial score (nSPS) is 11.8. The summed E-state index contributed by atoms with van der Waals surface area (Å²) in [7, 11) is 1.82. The van der Waals surface area contributed by atoms with Crippen LogP contribution < -0.4 is 28.6 Å². The molecule has 3 aromatic rings. The van der Waals surface area contributed by atoms with E-state index in [-0.39, 0.29) is 16.7 Å². The van der Waals surface area contributed by atoms with E-state index in [1.807, 2.05) is 19.1 Å². The summed E-state index contributed by atoms with van der Waals surface area (Å²) in [6, 6.07) is 17.6. The predicted molar refractivity (Wildman–Crippen MR) is 137 cm³/mol. The molecule has 0 aliphatic heterocycles. The van der Waals surface area contributed by atoms with Gasteiger partial charge in [-0.1, -0.05) is 12.1 Å². The van der Waals surface area contributed by atoms with Crippen molar-refractivity contribution in [3.63, 3.8) is 0 Å². The van der Waals surface area contributed by atoms with Crippen LogP contribution in [0.3, 0.4) is 0 Å². The molecule has 3 rings (SSSR count). The lowest BCUT2D eigenvalue weighted by Crippen LogP contribution is -2.41. The lowest BCUT2D eigenvalue weighted by Gasteiger charge is -2.25. The number of rotatable bonds is 11. The van der Waals surface area contributed by atoms with Gasteiger partial charge in [-0.3, -0.25) is 9.10 Å². The van der Waals surface area contributed by atoms with Crippen LogP contribution in [0.5, 0.6) is 23.0 Å². The first kappa shape index (κ1) is 26.7. The van der Waals surface area contributed by atoms with Crippen molar-refractivity contribution in [3.05, 3.63) is 72.3 Å². The number of carbonyl (C=O) groups excluding carboxylic acids is 1. The molecule has 0 fully saturated rings. The Kier molecular flexibility index (Phi) is 8.65. The van der Waals surface area contributed by atoms with Gasteiger partial charge in [0.1, 0.15) is 18.0 Å². The summed E-state index contributed by atoms with van der Waals surface area (Å²) >= 11 is 0. The van der Waals surface area contributed by atoms with Crippen LogP contribution in [-0.4, -0.2) is 49.3 Å². The van der Waals surface area contributed by atoms with Gasteiger partial charge in [-0.05, 0) is 61.0 Å². The fraction of sp³-hybridized carbons (Fsp3) is 0.269. The Morgan fingerprint density at radius 2 is 1.36 bits per heavy atom. The highest BCUT2D eigenvalue weighted by Gasteiger charge is 2.29. The number of anilines is 1. The van der Waals surface area contributed by atoms with Crippen LogP contribution in [0.4, 0.5) is 5.69 Å². The standard InChI is InChI=1S/C26H30N2O7S/c1-18(19-6-10-21(32-2)11-7-19)27-26(29)17-28(20-8-12-22(33-3)13-9-20)36(30,31)23-14-15-24(34-4)25(16-23)35-5/h6-16,18H,17H2,1-5H3,(H,27,29)/t18-/m0/s1. The number of nitrogens with one attached hydrogen (secondary N) is 1. The molecule has 1 amide bonds. The SMILES string of the molecule is COc1ccc([C@H](C)NC(=O)CN(c2ccc(OC)cc2)S(=O)(=O)c2ccc(OC)c(OC)c2)cc1. The smallest absolute Gasteiger partial charge is 0.264 e. The van der Waals surface area contributed by atoms with Gasteiger partial charge in [-0.25, -0.2) is 8.42 Å². The second-order valence-electron chi connectivity index (χ2n) is 7.79. The van der Waals surface area contributed by atoms with Gasteiger partial charge < -0.3 is 24.3 Å². The van der Waals surface area contributed by atoms with Crippen molar-refractivity contribution < 1.29 is 32.2 Å². The third-order valence-electron chi connectivity index (χ3n) is 5.58. The van der Waals surface area contributed by atoms with Gasteiger partial charge in [0.05, 0.1) is 45.1 Å². The van der Waals surface area contributed by atoms with Gasteiger partial charge in [0, 0.05) is 6.07 Å². The Morgan fingerprint density at radius 3 is 1.89 bits per heavy atom. The average molecular weight is 515 g/mol. The van der Waals surface area contributed by atoms with Crippen LogP contribution >= 0.6 is 0 Å². The van der Waals surface area contributed by atoms with Crippen molar-refractivity contribution >= 4 is 21.6 Å². The molecular formula is C26H30N2O7S. The van der Waals surface area contributed by atoms with Gasteiger partial charge in [-0.2, -0.15) is 0 Å². The molecule has 192 valence electrons. The molecule has 36 heavy (non-hydrogen) atoms. The largest absolute Gasteiger partial charge is 0.497 e. The van der Waals surface area contributed by atoms with E-state index in [4.69, 9.17) is 18.9 Å². The monoisotopic (exact) mass is 514 g/mol. The molecule has 0 spiro atoms. The Balaban J connectivity index is 1.92. The summed E-state index contributed by atoms with van der Waals surface area (Å²) in [5, 5.41) is 2.87. The van der Waals surface area contributed by atoms with Gasteiger partial charge >= 0.3 is 0 Å². The van der Waals surface area contributed by atoms with E-state index in [1.165, 1.54) is 39.5 Å². The summed E-state index contributed by atoms with van der Waals surface area (Å²) in [5.41, 5.74) is 1.15. The first-order valence-corrected chi connectivity index (χ1v) is 12.5. The Hall–Kier alpha value is -3.92. The average Bonchev–Trinajstić information content (AvgIpc) is 2.91. The lowest BCUT2D eigenvalue weighted by atomic mass is 10.1. The third kappa shape index (κ3) is 6.01. The molecule has 0 bridgehead atoms. The highest BCUT2D eigenvalue weighted by Crippen LogP contribution is 2.32. The topological polar surface area (TPSA) is 103 Å². The van der Waals surface area contributed by atoms with Crippen LogP contribution in [0.25, 0.3) is 0 Å². The number of nitrogens with zero attached hydrogens (tertiary/aromatic N) is 1. The molecule has 0 saturated heterocycles. The predicted octanol–water partition coefficient (Wildman–Crippen LogP) is 3.79. The van der Waals surface area contributed by atoms with Crippen LogP contribution in [0.1, 0.15) is 18.5 Å². The first-order chi connectivity index (χ1) is 17.2. The molecular weight excluding hydrogens is 484 g/mol. The number of benzene rings is 3. The molecule has 0 aliphatic rings. The molecule has 0 heterocycles. The number of carbonyl (C=O) groups is 1. The van der Waals surface area contributed by atoms with Crippen molar-refractivity contribution in [1.29, 1.82) is 0 Å². The maximum absolute atomic E-state index is 13.7. The fourth-order valence-electron chi connectivity index (χ4n) is 3.56. The maximum Gasteiger partial charge on any atom is 0.264 e. The van der Waals surface area contributed by atoms with Crippen molar-refractivity contribution in [2.45, 2.75) is 17.9 Å². The number of hydrogen-bond acceptors (Lipinski definition) is 7. The summed E-state index contributed by atoms with van der Waals surface area (Å²) in [6.07, 6.45) is 0. The van der Waals surface area contributed by atoms with E-state index >= 15 is 0 Å². The summed E-state index contributed by atoms with van der Waals surface area (Å²) in [4.78, 5) is 13.0. The zero-order valence-electron chi connectivity index (χ0n) is 20.8. The quantitative estimate of drug-likeness (QED) is 0.415. The highest BCUT2D eigenvalue weighted by molar-refractivity contribution is 7.92. The molecule has 9 nitrogen and oxygen atoms in total. The molecule has 0 saturated carbocycles. The van der Waals surface area contributed by atoms with Gasteiger partial charge in [-0.15, -0.1) is 0 Å². The van der Waals surface area contributed by atoms with E-state index in [0.717, 1.165) is 9.87 Å².